The van der Waals surface area contributed by atoms with Gasteiger partial charge in [0.15, 0.2) is 0 Å². The number of carbonyl (C=O) groups is 2. The Bertz CT molecular complexity index is 903. The summed E-state index contributed by atoms with van der Waals surface area (Å²) in [7, 11) is -2.44. The molecule has 6 nitrogen and oxygen atoms in total. The molecule has 0 spiro atoms. The first kappa shape index (κ1) is 26.1. The minimum atomic E-state index is -4.05. The van der Waals surface area contributed by atoms with Crippen molar-refractivity contribution in [3.05, 3.63) is 0 Å². The topological polar surface area (TPSA) is 91.8 Å². The summed E-state index contributed by atoms with van der Waals surface area (Å²) >= 11 is 0. The number of Topliss-reactive ketones (excluding diaryl/α,β-unsaturated/α-hetero) is 1. The van der Waals surface area contributed by atoms with Gasteiger partial charge in [0, 0.05) is 32.9 Å². The predicted molar refractivity (Wildman–Crippen MR) is 133 cm³/mol. The third-order valence-corrected chi connectivity index (χ3v) is 11.9. The van der Waals surface area contributed by atoms with Crippen molar-refractivity contribution < 1.29 is 22.6 Å². The standard InChI is InChI=1S/C27H45NO5S/c1-18(5-10-25(30)28(4)15-16-34(31,32)33)22-8-9-23-21-7-6-19-17-20(29)11-13-26(19,2)24(21)12-14-27(22,23)3/h18-19,21-24H,5-17H2,1-4H3,(H,31,32,33)/t18-,19-,21+,22-,23+,24+,26+,27-/m1/s1. The van der Waals surface area contributed by atoms with Crippen LogP contribution in [0.5, 0.6) is 0 Å². The monoisotopic (exact) mass is 495 g/mol. The molecule has 0 bridgehead atoms. The fraction of sp³-hybridized carbons (Fsp3) is 0.926. The van der Waals surface area contributed by atoms with Crippen LogP contribution in [0.2, 0.25) is 0 Å². The minimum Gasteiger partial charge on any atom is -0.345 e. The Kier molecular flexibility index (Phi) is 7.29. The number of amides is 1. The second-order valence-electron chi connectivity index (χ2n) is 12.7. The molecule has 8 atom stereocenters. The van der Waals surface area contributed by atoms with E-state index in [4.69, 9.17) is 4.55 Å². The number of nitrogens with zero attached hydrogens (tertiary/aromatic N) is 1. The summed E-state index contributed by atoms with van der Waals surface area (Å²) in [5, 5.41) is 0. The molecular weight excluding hydrogens is 450 g/mol. The van der Waals surface area contributed by atoms with E-state index in [1.807, 2.05) is 0 Å². The average Bonchev–Trinajstić information content (AvgIpc) is 3.12. The van der Waals surface area contributed by atoms with Crippen molar-refractivity contribution in [2.75, 3.05) is 19.3 Å². The van der Waals surface area contributed by atoms with Gasteiger partial charge in [-0.1, -0.05) is 20.8 Å². The van der Waals surface area contributed by atoms with E-state index in [1.165, 1.54) is 43.4 Å². The van der Waals surface area contributed by atoms with Gasteiger partial charge >= 0.3 is 0 Å². The summed E-state index contributed by atoms with van der Waals surface area (Å²) in [4.78, 5) is 26.1. The molecule has 0 unspecified atom stereocenters. The van der Waals surface area contributed by atoms with Crippen molar-refractivity contribution in [1.82, 2.24) is 4.90 Å². The number of hydrogen-bond acceptors (Lipinski definition) is 4. The largest absolute Gasteiger partial charge is 0.345 e. The highest BCUT2D eigenvalue weighted by atomic mass is 32.2. The van der Waals surface area contributed by atoms with Gasteiger partial charge in [-0.3, -0.25) is 14.1 Å². The molecule has 7 heteroatoms. The van der Waals surface area contributed by atoms with Crippen LogP contribution >= 0.6 is 0 Å². The Labute approximate surface area is 206 Å². The minimum absolute atomic E-state index is 0.0314. The summed E-state index contributed by atoms with van der Waals surface area (Å²) in [6.45, 7) is 7.37. The number of hydrogen-bond donors (Lipinski definition) is 1. The maximum Gasteiger partial charge on any atom is 0.266 e. The van der Waals surface area contributed by atoms with Crippen molar-refractivity contribution in [1.29, 1.82) is 0 Å². The zero-order valence-corrected chi connectivity index (χ0v) is 22.4. The van der Waals surface area contributed by atoms with Crippen molar-refractivity contribution in [2.45, 2.75) is 91.4 Å². The second-order valence-corrected chi connectivity index (χ2v) is 14.3. The van der Waals surface area contributed by atoms with Crippen LogP contribution in [0.4, 0.5) is 0 Å². The van der Waals surface area contributed by atoms with Crippen LogP contribution in [-0.2, 0) is 19.7 Å². The van der Waals surface area contributed by atoms with Crippen LogP contribution in [0.15, 0.2) is 0 Å². The van der Waals surface area contributed by atoms with Gasteiger partial charge < -0.3 is 4.90 Å². The van der Waals surface area contributed by atoms with Crippen molar-refractivity contribution in [3.8, 4) is 0 Å². The highest BCUT2D eigenvalue weighted by Crippen LogP contribution is 2.68. The molecule has 4 rings (SSSR count). The van der Waals surface area contributed by atoms with E-state index >= 15 is 0 Å². The van der Waals surface area contributed by atoms with Crippen LogP contribution in [0, 0.1) is 46.3 Å². The normalized spacial score (nSPS) is 40.7. The Morgan fingerprint density at radius 3 is 2.50 bits per heavy atom. The lowest BCUT2D eigenvalue weighted by Crippen LogP contribution is -2.53. The zero-order chi connectivity index (χ0) is 24.9. The fourth-order valence-corrected chi connectivity index (χ4v) is 9.65. The van der Waals surface area contributed by atoms with Gasteiger partial charge in [-0.05, 0) is 97.7 Å². The molecule has 0 saturated heterocycles. The molecule has 4 aliphatic rings. The molecule has 4 saturated carbocycles. The van der Waals surface area contributed by atoms with E-state index in [2.05, 4.69) is 20.8 Å². The highest BCUT2D eigenvalue weighted by molar-refractivity contribution is 7.85. The molecule has 34 heavy (non-hydrogen) atoms. The maximum atomic E-state index is 12.5. The van der Waals surface area contributed by atoms with Crippen LogP contribution in [0.25, 0.3) is 0 Å². The van der Waals surface area contributed by atoms with Crippen molar-refractivity contribution in [2.24, 2.45) is 46.3 Å². The number of fused-ring (bicyclic) bond motifs is 5. The first-order chi connectivity index (χ1) is 15.8. The lowest BCUT2D eigenvalue weighted by atomic mass is 9.44. The van der Waals surface area contributed by atoms with Gasteiger partial charge in [-0.25, -0.2) is 0 Å². The molecule has 0 radical (unpaired) electrons. The van der Waals surface area contributed by atoms with Crippen LogP contribution in [0.3, 0.4) is 0 Å². The number of rotatable bonds is 7. The Hall–Kier alpha value is -0.950. The van der Waals surface area contributed by atoms with E-state index < -0.39 is 15.9 Å². The summed E-state index contributed by atoms with van der Waals surface area (Å²) in [6.07, 6.45) is 11.6. The molecular formula is C27H45NO5S. The number of ketones is 1. The Balaban J connectivity index is 1.37. The molecule has 4 aliphatic carbocycles. The fourth-order valence-electron chi connectivity index (χ4n) is 9.14. The van der Waals surface area contributed by atoms with E-state index in [9.17, 15) is 18.0 Å². The molecule has 1 amide bonds. The molecule has 0 heterocycles. The molecule has 0 aromatic heterocycles. The molecule has 0 aliphatic heterocycles. The van der Waals surface area contributed by atoms with Crippen LogP contribution < -0.4 is 0 Å². The third kappa shape index (κ3) is 4.85. The summed E-state index contributed by atoms with van der Waals surface area (Å²) in [5.41, 5.74) is 0.690. The summed E-state index contributed by atoms with van der Waals surface area (Å²) in [6, 6.07) is 0. The first-order valence-electron chi connectivity index (χ1n) is 13.6. The zero-order valence-electron chi connectivity index (χ0n) is 21.6. The van der Waals surface area contributed by atoms with Gasteiger partial charge in [-0.15, -0.1) is 0 Å². The quantitative estimate of drug-likeness (QED) is 0.503. The van der Waals surface area contributed by atoms with E-state index in [1.54, 1.807) is 7.05 Å². The lowest BCUT2D eigenvalue weighted by molar-refractivity contribution is -0.140. The van der Waals surface area contributed by atoms with Crippen LogP contribution in [-0.4, -0.2) is 48.9 Å². The van der Waals surface area contributed by atoms with E-state index in [-0.39, 0.29) is 12.5 Å². The van der Waals surface area contributed by atoms with Gasteiger partial charge in [0.2, 0.25) is 5.91 Å². The summed E-state index contributed by atoms with van der Waals surface area (Å²) < 4.78 is 30.9. The van der Waals surface area contributed by atoms with Gasteiger partial charge in [-0.2, -0.15) is 8.42 Å². The molecule has 0 aromatic carbocycles. The summed E-state index contributed by atoms with van der Waals surface area (Å²) in [5.74, 6) is 4.04. The third-order valence-electron chi connectivity index (χ3n) is 11.2. The second kappa shape index (κ2) is 9.49. The highest BCUT2D eigenvalue weighted by Gasteiger charge is 2.60. The van der Waals surface area contributed by atoms with Crippen LogP contribution in [0.1, 0.15) is 91.4 Å². The molecule has 194 valence electrons. The van der Waals surface area contributed by atoms with Crippen molar-refractivity contribution in [3.63, 3.8) is 0 Å². The van der Waals surface area contributed by atoms with Gasteiger partial charge in [0.25, 0.3) is 10.1 Å². The van der Waals surface area contributed by atoms with Gasteiger partial charge in [0.05, 0.1) is 5.75 Å². The Morgan fingerprint density at radius 1 is 1.09 bits per heavy atom. The first-order valence-corrected chi connectivity index (χ1v) is 15.2. The number of carbonyl (C=O) groups excluding carboxylic acids is 2. The molecule has 1 N–H and O–H groups in total. The van der Waals surface area contributed by atoms with E-state index in [0.717, 1.165) is 43.4 Å². The van der Waals surface area contributed by atoms with Crippen molar-refractivity contribution >= 4 is 21.8 Å². The lowest BCUT2D eigenvalue weighted by Gasteiger charge is -2.60. The van der Waals surface area contributed by atoms with Gasteiger partial charge in [0.1, 0.15) is 5.78 Å². The SMILES string of the molecule is C[C@H](CCC(=O)N(C)CCS(=O)(=O)O)[C@H]1CC[C@H]2[C@@H]3CC[C@@H]4CC(=O)CC[C@]4(C)[C@H]3CC[C@]12C. The predicted octanol–water partition coefficient (Wildman–Crippen LogP) is 4.98. The molecule has 4 fully saturated rings. The Morgan fingerprint density at radius 2 is 1.79 bits per heavy atom. The van der Waals surface area contributed by atoms with E-state index in [0.29, 0.717) is 40.8 Å². The average molecular weight is 496 g/mol. The smallest absolute Gasteiger partial charge is 0.266 e. The molecule has 0 aromatic rings. The maximum absolute atomic E-state index is 12.5.